The molecule has 0 bridgehead atoms. The molecule has 0 radical (unpaired) electrons. The largest absolute Gasteiger partial charge is 0.441 e. The summed E-state index contributed by atoms with van der Waals surface area (Å²) in [5.74, 6) is 0. The maximum absolute atomic E-state index is 4.93. The van der Waals surface area contributed by atoms with Gasteiger partial charge in [-0.1, -0.05) is 25.8 Å². The van der Waals surface area contributed by atoms with Gasteiger partial charge in [0.2, 0.25) is 0 Å². The Hall–Kier alpha value is -0.570. The van der Waals surface area contributed by atoms with Crippen molar-refractivity contribution in [2.45, 2.75) is 38.1 Å². The average Bonchev–Trinajstić information content (AvgIpc) is 2.06. The van der Waals surface area contributed by atoms with Crippen molar-refractivity contribution in [3.05, 3.63) is 12.8 Å². The summed E-state index contributed by atoms with van der Waals surface area (Å²) in [6.07, 6.45) is 7.73. The molecule has 1 N–H and O–H groups in total. The third-order valence-corrected chi connectivity index (χ3v) is 2.33. The normalized spacial score (nSPS) is 18.3. The molecule has 1 fully saturated rings. The summed E-state index contributed by atoms with van der Waals surface area (Å²) < 4.78 is 4.93. The van der Waals surface area contributed by atoms with E-state index in [9.17, 15) is 0 Å². The molecule has 0 aromatic heterocycles. The van der Waals surface area contributed by atoms with Crippen LogP contribution in [0.1, 0.15) is 32.1 Å². The van der Waals surface area contributed by atoms with Gasteiger partial charge in [0.25, 0.3) is 5.17 Å². The third-order valence-electron chi connectivity index (χ3n) is 2.12. The second kappa shape index (κ2) is 5.14. The van der Waals surface area contributed by atoms with Gasteiger partial charge in [0, 0.05) is 6.04 Å². The Labute approximate surface area is 79.0 Å². The van der Waals surface area contributed by atoms with E-state index in [1.54, 1.807) is 0 Å². The molecule has 0 spiro atoms. The van der Waals surface area contributed by atoms with Crippen LogP contribution >= 0.6 is 12.2 Å². The fraction of sp³-hybridized carbons (Fsp3) is 0.667. The van der Waals surface area contributed by atoms with Gasteiger partial charge in [-0.15, -0.1) is 0 Å². The van der Waals surface area contributed by atoms with Gasteiger partial charge >= 0.3 is 0 Å². The van der Waals surface area contributed by atoms with E-state index >= 15 is 0 Å². The molecule has 0 unspecified atom stereocenters. The molecule has 12 heavy (non-hydrogen) atoms. The summed E-state index contributed by atoms with van der Waals surface area (Å²) in [5, 5.41) is 3.61. The summed E-state index contributed by atoms with van der Waals surface area (Å²) in [6, 6.07) is 0.520. The smallest absolute Gasteiger partial charge is 0.261 e. The van der Waals surface area contributed by atoms with Gasteiger partial charge in [0.05, 0.1) is 6.26 Å². The van der Waals surface area contributed by atoms with Crippen LogP contribution < -0.4 is 5.32 Å². The Morgan fingerprint density at radius 2 is 2.08 bits per heavy atom. The number of hydrogen-bond donors (Lipinski definition) is 1. The highest BCUT2D eigenvalue weighted by molar-refractivity contribution is 7.80. The monoisotopic (exact) mass is 185 g/mol. The van der Waals surface area contributed by atoms with Gasteiger partial charge in [-0.3, -0.25) is 0 Å². The molecular formula is C9H15NOS. The van der Waals surface area contributed by atoms with Gasteiger partial charge in [-0.05, 0) is 25.1 Å². The highest BCUT2D eigenvalue weighted by Crippen LogP contribution is 2.17. The summed E-state index contributed by atoms with van der Waals surface area (Å²) in [7, 11) is 0. The fourth-order valence-corrected chi connectivity index (χ4v) is 1.76. The van der Waals surface area contributed by atoms with Gasteiger partial charge in [0.1, 0.15) is 0 Å². The van der Waals surface area contributed by atoms with Gasteiger partial charge < -0.3 is 10.1 Å². The molecule has 0 aromatic carbocycles. The van der Waals surface area contributed by atoms with Gasteiger partial charge in [-0.25, -0.2) is 0 Å². The first-order valence-electron chi connectivity index (χ1n) is 4.41. The van der Waals surface area contributed by atoms with Crippen molar-refractivity contribution in [2.75, 3.05) is 0 Å². The molecule has 0 saturated heterocycles. The van der Waals surface area contributed by atoms with Crippen molar-refractivity contribution in [3.8, 4) is 0 Å². The SMILES string of the molecule is C=COC(=S)NC1CCCCC1. The maximum atomic E-state index is 4.93. The average molecular weight is 185 g/mol. The van der Waals surface area contributed by atoms with Crippen molar-refractivity contribution in [2.24, 2.45) is 0 Å². The molecule has 0 aliphatic heterocycles. The quantitative estimate of drug-likeness (QED) is 0.527. The van der Waals surface area contributed by atoms with Crippen LogP contribution in [0.4, 0.5) is 0 Å². The summed E-state index contributed by atoms with van der Waals surface area (Å²) in [6.45, 7) is 3.44. The second-order valence-electron chi connectivity index (χ2n) is 3.05. The second-order valence-corrected chi connectivity index (χ2v) is 3.42. The summed E-state index contributed by atoms with van der Waals surface area (Å²) in [4.78, 5) is 0. The van der Waals surface area contributed by atoms with E-state index in [0.717, 1.165) is 0 Å². The third kappa shape index (κ3) is 3.22. The number of rotatable bonds is 2. The van der Waals surface area contributed by atoms with E-state index in [2.05, 4.69) is 11.9 Å². The fourth-order valence-electron chi connectivity index (χ4n) is 1.52. The van der Waals surface area contributed by atoms with E-state index in [-0.39, 0.29) is 0 Å². The standard InChI is InChI=1S/C9H15NOS/c1-2-11-9(12)10-8-6-4-3-5-7-8/h2,8H,1,3-7H2,(H,10,12). The number of ether oxygens (including phenoxy) is 1. The molecule has 1 aliphatic rings. The minimum absolute atomic E-state index is 0.455. The molecule has 1 rings (SSSR count). The molecule has 3 heteroatoms. The molecule has 0 atom stereocenters. The Bertz CT molecular complexity index is 164. The Morgan fingerprint density at radius 1 is 1.42 bits per heavy atom. The molecule has 2 nitrogen and oxygen atoms in total. The zero-order valence-electron chi connectivity index (χ0n) is 7.21. The molecule has 68 valence electrons. The van der Waals surface area contributed by atoms with E-state index in [4.69, 9.17) is 17.0 Å². The van der Waals surface area contributed by atoms with E-state index in [1.807, 2.05) is 0 Å². The first kappa shape index (κ1) is 9.52. The van der Waals surface area contributed by atoms with Gasteiger partial charge in [-0.2, -0.15) is 0 Å². The van der Waals surface area contributed by atoms with Crippen molar-refractivity contribution in [1.82, 2.24) is 5.32 Å². The topological polar surface area (TPSA) is 21.3 Å². The summed E-state index contributed by atoms with van der Waals surface area (Å²) in [5.41, 5.74) is 0. The number of nitrogens with one attached hydrogen (secondary N) is 1. The Balaban J connectivity index is 2.19. The van der Waals surface area contributed by atoms with Gasteiger partial charge in [0.15, 0.2) is 0 Å². The first-order chi connectivity index (χ1) is 5.83. The predicted octanol–water partition coefficient (Wildman–Crippen LogP) is 2.35. The molecular weight excluding hydrogens is 170 g/mol. The van der Waals surface area contributed by atoms with E-state index in [1.165, 1.54) is 38.4 Å². The van der Waals surface area contributed by atoms with Crippen LogP contribution in [-0.4, -0.2) is 11.2 Å². The maximum Gasteiger partial charge on any atom is 0.261 e. The van der Waals surface area contributed by atoms with Crippen molar-refractivity contribution >= 4 is 17.4 Å². The van der Waals surface area contributed by atoms with Crippen LogP contribution in [-0.2, 0) is 4.74 Å². The molecule has 1 saturated carbocycles. The molecule has 0 aromatic rings. The highest BCUT2D eigenvalue weighted by Gasteiger charge is 2.13. The van der Waals surface area contributed by atoms with Crippen molar-refractivity contribution in [3.63, 3.8) is 0 Å². The van der Waals surface area contributed by atoms with Crippen LogP contribution in [0.3, 0.4) is 0 Å². The molecule has 0 amide bonds. The Morgan fingerprint density at radius 3 is 2.67 bits per heavy atom. The van der Waals surface area contributed by atoms with Crippen LogP contribution in [0.5, 0.6) is 0 Å². The lowest BCUT2D eigenvalue weighted by atomic mass is 9.96. The predicted molar refractivity (Wildman–Crippen MR) is 53.9 cm³/mol. The van der Waals surface area contributed by atoms with Crippen LogP contribution in [0.2, 0.25) is 0 Å². The first-order valence-corrected chi connectivity index (χ1v) is 4.82. The molecule has 1 aliphatic carbocycles. The highest BCUT2D eigenvalue weighted by atomic mass is 32.1. The zero-order valence-corrected chi connectivity index (χ0v) is 8.03. The molecule has 0 heterocycles. The van der Waals surface area contributed by atoms with E-state index in [0.29, 0.717) is 11.2 Å². The van der Waals surface area contributed by atoms with Crippen molar-refractivity contribution < 1.29 is 4.74 Å². The zero-order chi connectivity index (χ0) is 8.81. The lowest BCUT2D eigenvalue weighted by Crippen LogP contribution is -2.35. The van der Waals surface area contributed by atoms with Crippen LogP contribution in [0.15, 0.2) is 12.8 Å². The lowest BCUT2D eigenvalue weighted by molar-refractivity contribution is 0.378. The minimum atomic E-state index is 0.455. The number of hydrogen-bond acceptors (Lipinski definition) is 2. The van der Waals surface area contributed by atoms with Crippen molar-refractivity contribution in [1.29, 1.82) is 0 Å². The van der Waals surface area contributed by atoms with E-state index < -0.39 is 0 Å². The minimum Gasteiger partial charge on any atom is -0.441 e. The summed E-state index contributed by atoms with van der Waals surface area (Å²) >= 11 is 4.93. The lowest BCUT2D eigenvalue weighted by Gasteiger charge is -2.23. The number of thiocarbonyl (C=S) groups is 1. The van der Waals surface area contributed by atoms with Crippen LogP contribution in [0.25, 0.3) is 0 Å². The van der Waals surface area contributed by atoms with Crippen LogP contribution in [0, 0.1) is 0 Å². The Kier molecular flexibility index (Phi) is 4.08.